The van der Waals surface area contributed by atoms with Gasteiger partial charge in [-0.05, 0) is 19.1 Å². The van der Waals surface area contributed by atoms with E-state index in [0.29, 0.717) is 5.56 Å². The molecule has 1 unspecified atom stereocenters. The van der Waals surface area contributed by atoms with E-state index in [2.05, 4.69) is 10.3 Å². The highest BCUT2D eigenvalue weighted by molar-refractivity contribution is 7.90. The standard InChI is InChI=1S/C11H13N3O3S/c1-8(7-18(2,16)17)14-11(15)10-4-3-9(5-12)6-13-10/h3-4,6,8H,7H2,1-2H3,(H,14,15). The monoisotopic (exact) mass is 267 g/mol. The number of pyridine rings is 1. The molecule has 0 spiro atoms. The van der Waals surface area contributed by atoms with Crippen molar-refractivity contribution >= 4 is 15.7 Å². The Morgan fingerprint density at radius 1 is 1.56 bits per heavy atom. The molecule has 0 saturated heterocycles. The summed E-state index contributed by atoms with van der Waals surface area (Å²) in [5, 5.41) is 11.1. The summed E-state index contributed by atoms with van der Waals surface area (Å²) in [4.78, 5) is 15.5. The molecule has 96 valence electrons. The fourth-order valence-corrected chi connectivity index (χ4v) is 2.38. The lowest BCUT2D eigenvalue weighted by atomic mass is 10.2. The fraction of sp³-hybridized carbons (Fsp3) is 0.364. The number of carbonyl (C=O) groups excluding carboxylic acids is 1. The van der Waals surface area contributed by atoms with E-state index in [1.165, 1.54) is 18.3 Å². The Kier molecular flexibility index (Phi) is 4.39. The van der Waals surface area contributed by atoms with Gasteiger partial charge in [-0.2, -0.15) is 5.26 Å². The Bertz CT molecular complexity index is 573. The van der Waals surface area contributed by atoms with Crippen LogP contribution in [0, 0.1) is 11.3 Å². The van der Waals surface area contributed by atoms with Crippen LogP contribution in [0.1, 0.15) is 23.0 Å². The summed E-state index contributed by atoms with van der Waals surface area (Å²) in [7, 11) is -3.14. The van der Waals surface area contributed by atoms with Gasteiger partial charge in [-0.15, -0.1) is 0 Å². The molecule has 18 heavy (non-hydrogen) atoms. The van der Waals surface area contributed by atoms with Crippen LogP contribution in [0.25, 0.3) is 0 Å². The van der Waals surface area contributed by atoms with Gasteiger partial charge in [-0.25, -0.2) is 13.4 Å². The minimum Gasteiger partial charge on any atom is -0.347 e. The van der Waals surface area contributed by atoms with Crippen LogP contribution < -0.4 is 5.32 Å². The van der Waals surface area contributed by atoms with E-state index in [4.69, 9.17) is 5.26 Å². The highest BCUT2D eigenvalue weighted by Crippen LogP contribution is 2.00. The average molecular weight is 267 g/mol. The number of hydrogen-bond acceptors (Lipinski definition) is 5. The average Bonchev–Trinajstić information content (AvgIpc) is 2.26. The number of nitriles is 1. The van der Waals surface area contributed by atoms with Crippen LogP contribution >= 0.6 is 0 Å². The van der Waals surface area contributed by atoms with Crippen molar-refractivity contribution in [2.24, 2.45) is 0 Å². The zero-order valence-corrected chi connectivity index (χ0v) is 10.9. The minimum absolute atomic E-state index is 0.130. The first-order valence-corrected chi connectivity index (χ1v) is 7.22. The second kappa shape index (κ2) is 5.60. The Hall–Kier alpha value is -1.94. The Labute approximate surface area is 106 Å². The highest BCUT2D eigenvalue weighted by Gasteiger charge is 2.14. The summed E-state index contributed by atoms with van der Waals surface area (Å²) in [6.45, 7) is 1.60. The molecule has 1 rings (SSSR count). The maximum atomic E-state index is 11.7. The molecule has 0 aliphatic carbocycles. The molecule has 1 heterocycles. The largest absolute Gasteiger partial charge is 0.347 e. The molecule has 0 saturated carbocycles. The third-order valence-corrected chi connectivity index (χ3v) is 3.16. The highest BCUT2D eigenvalue weighted by atomic mass is 32.2. The van der Waals surface area contributed by atoms with E-state index in [1.54, 1.807) is 6.92 Å². The number of rotatable bonds is 4. The van der Waals surface area contributed by atoms with Gasteiger partial charge >= 0.3 is 0 Å². The van der Waals surface area contributed by atoms with Crippen LogP contribution in [-0.2, 0) is 9.84 Å². The molecule has 1 N–H and O–H groups in total. The van der Waals surface area contributed by atoms with Gasteiger partial charge in [0.05, 0.1) is 11.3 Å². The van der Waals surface area contributed by atoms with Crippen molar-refractivity contribution in [3.05, 3.63) is 29.6 Å². The second-order valence-corrected chi connectivity index (χ2v) is 6.20. The molecule has 6 nitrogen and oxygen atoms in total. The van der Waals surface area contributed by atoms with Gasteiger partial charge in [0.2, 0.25) is 0 Å². The van der Waals surface area contributed by atoms with Crippen LogP contribution in [0.15, 0.2) is 18.3 Å². The van der Waals surface area contributed by atoms with Crippen LogP contribution in [0.5, 0.6) is 0 Å². The van der Waals surface area contributed by atoms with Gasteiger partial charge in [0.25, 0.3) is 5.91 Å². The molecular weight excluding hydrogens is 254 g/mol. The van der Waals surface area contributed by atoms with Gasteiger partial charge in [0, 0.05) is 18.5 Å². The number of aromatic nitrogens is 1. The summed E-state index contributed by atoms with van der Waals surface area (Å²) in [5.74, 6) is -0.592. The van der Waals surface area contributed by atoms with Crippen molar-refractivity contribution in [2.75, 3.05) is 12.0 Å². The van der Waals surface area contributed by atoms with E-state index in [9.17, 15) is 13.2 Å². The van der Waals surface area contributed by atoms with Crippen molar-refractivity contribution in [2.45, 2.75) is 13.0 Å². The molecule has 7 heteroatoms. The van der Waals surface area contributed by atoms with Crippen LogP contribution in [0.3, 0.4) is 0 Å². The van der Waals surface area contributed by atoms with Crippen molar-refractivity contribution in [3.8, 4) is 6.07 Å². The lowest BCUT2D eigenvalue weighted by Crippen LogP contribution is -2.37. The van der Waals surface area contributed by atoms with Crippen molar-refractivity contribution in [3.63, 3.8) is 0 Å². The van der Waals surface area contributed by atoms with E-state index < -0.39 is 21.8 Å². The molecule has 0 radical (unpaired) electrons. The number of nitrogens with zero attached hydrogens (tertiary/aromatic N) is 2. The summed E-state index contributed by atoms with van der Waals surface area (Å²) < 4.78 is 22.1. The Morgan fingerprint density at radius 3 is 2.67 bits per heavy atom. The number of amides is 1. The summed E-state index contributed by atoms with van der Waals surface area (Å²) in [5.41, 5.74) is 0.505. The van der Waals surface area contributed by atoms with Crippen molar-refractivity contribution in [1.82, 2.24) is 10.3 Å². The summed E-state index contributed by atoms with van der Waals surface area (Å²) >= 11 is 0. The Balaban J connectivity index is 2.68. The van der Waals surface area contributed by atoms with E-state index in [-0.39, 0.29) is 11.4 Å². The zero-order chi connectivity index (χ0) is 13.8. The first kappa shape index (κ1) is 14.1. The maximum absolute atomic E-state index is 11.7. The third-order valence-electron chi connectivity index (χ3n) is 2.06. The molecule has 1 atom stereocenters. The zero-order valence-electron chi connectivity index (χ0n) is 10.0. The van der Waals surface area contributed by atoms with Crippen molar-refractivity contribution in [1.29, 1.82) is 5.26 Å². The second-order valence-electron chi connectivity index (χ2n) is 4.01. The summed E-state index contributed by atoms with van der Waals surface area (Å²) in [6.07, 6.45) is 2.39. The van der Waals surface area contributed by atoms with Crippen molar-refractivity contribution < 1.29 is 13.2 Å². The molecule has 0 fully saturated rings. The molecule has 0 bridgehead atoms. The molecule has 0 aliphatic heterocycles. The van der Waals surface area contributed by atoms with Crippen LogP contribution in [-0.4, -0.2) is 37.4 Å². The molecule has 1 aromatic heterocycles. The van der Waals surface area contributed by atoms with Crippen LogP contribution in [0.4, 0.5) is 0 Å². The topological polar surface area (TPSA) is 99.9 Å². The molecule has 1 amide bonds. The number of nitrogens with one attached hydrogen (secondary N) is 1. The normalized spacial score (nSPS) is 12.5. The maximum Gasteiger partial charge on any atom is 0.270 e. The van der Waals surface area contributed by atoms with Gasteiger partial charge in [0.15, 0.2) is 0 Å². The predicted octanol–water partition coefficient (Wildman–Crippen LogP) is 0.116. The Morgan fingerprint density at radius 2 is 2.22 bits per heavy atom. The first-order valence-electron chi connectivity index (χ1n) is 5.16. The number of hydrogen-bond donors (Lipinski definition) is 1. The van der Waals surface area contributed by atoms with E-state index in [1.807, 2.05) is 6.07 Å². The predicted molar refractivity (Wildman–Crippen MR) is 65.6 cm³/mol. The van der Waals surface area contributed by atoms with E-state index in [0.717, 1.165) is 6.26 Å². The van der Waals surface area contributed by atoms with Gasteiger partial charge in [-0.1, -0.05) is 0 Å². The third kappa shape index (κ3) is 4.51. The summed E-state index contributed by atoms with van der Waals surface area (Å²) in [6, 6.07) is 4.29. The van der Waals surface area contributed by atoms with Gasteiger partial charge in [-0.3, -0.25) is 4.79 Å². The first-order chi connectivity index (χ1) is 8.31. The van der Waals surface area contributed by atoms with Gasteiger partial charge in [0.1, 0.15) is 21.6 Å². The van der Waals surface area contributed by atoms with Gasteiger partial charge < -0.3 is 5.32 Å². The SMILES string of the molecule is CC(CS(C)(=O)=O)NC(=O)c1ccc(C#N)cn1. The number of sulfone groups is 1. The molecule has 0 aliphatic rings. The lowest BCUT2D eigenvalue weighted by molar-refractivity contribution is 0.0938. The fourth-order valence-electron chi connectivity index (χ4n) is 1.39. The molecule has 1 aromatic rings. The molecular formula is C11H13N3O3S. The number of carbonyl (C=O) groups is 1. The molecule has 0 aromatic carbocycles. The quantitative estimate of drug-likeness (QED) is 0.835. The smallest absolute Gasteiger partial charge is 0.270 e. The van der Waals surface area contributed by atoms with E-state index >= 15 is 0 Å². The lowest BCUT2D eigenvalue weighted by Gasteiger charge is -2.12. The minimum atomic E-state index is -3.14. The van der Waals surface area contributed by atoms with Crippen LogP contribution in [0.2, 0.25) is 0 Å².